The van der Waals surface area contributed by atoms with Gasteiger partial charge in [0.25, 0.3) is 5.91 Å². The minimum atomic E-state index is -0.404. The molecule has 0 aliphatic heterocycles. The third-order valence-corrected chi connectivity index (χ3v) is 3.51. The summed E-state index contributed by atoms with van der Waals surface area (Å²) in [6.07, 6.45) is 0. The number of rotatable bonds is 4. The maximum Gasteiger partial charge on any atom is 0.291 e. The van der Waals surface area contributed by atoms with Crippen molar-refractivity contribution < 1.29 is 18.4 Å². The molecular weight excluding hydrogens is 309 g/mol. The summed E-state index contributed by atoms with van der Waals surface area (Å²) in [6.45, 7) is 1.48. The third kappa shape index (κ3) is 3.41. The highest BCUT2D eigenvalue weighted by atomic mass is 19.1. The smallest absolute Gasteiger partial charge is 0.291 e. The van der Waals surface area contributed by atoms with Gasteiger partial charge in [-0.25, -0.2) is 4.39 Å². The molecule has 4 nitrogen and oxygen atoms in total. The van der Waals surface area contributed by atoms with Gasteiger partial charge in [-0.05, 0) is 67.6 Å². The molecule has 0 bridgehead atoms. The maximum atomic E-state index is 12.9. The Bertz CT molecular complexity index is 880. The number of carbonyl (C=O) groups excluding carboxylic acids is 2. The van der Waals surface area contributed by atoms with Gasteiger partial charge < -0.3 is 9.73 Å². The molecule has 3 aromatic rings. The van der Waals surface area contributed by atoms with Crippen molar-refractivity contribution in [2.24, 2.45) is 0 Å². The van der Waals surface area contributed by atoms with Gasteiger partial charge in [-0.15, -0.1) is 0 Å². The number of anilines is 1. The summed E-state index contributed by atoms with van der Waals surface area (Å²) < 4.78 is 18.5. The number of Topliss-reactive ketones (excluding diaryl/α,β-unsaturated/α-hetero) is 1. The van der Waals surface area contributed by atoms with Crippen molar-refractivity contribution in [3.05, 3.63) is 77.8 Å². The van der Waals surface area contributed by atoms with E-state index in [0.29, 0.717) is 22.6 Å². The van der Waals surface area contributed by atoms with E-state index in [1.54, 1.807) is 48.5 Å². The van der Waals surface area contributed by atoms with Crippen molar-refractivity contribution in [2.75, 3.05) is 5.32 Å². The number of carbonyl (C=O) groups is 2. The van der Waals surface area contributed by atoms with E-state index in [2.05, 4.69) is 5.32 Å². The predicted molar refractivity (Wildman–Crippen MR) is 88.5 cm³/mol. The molecule has 0 radical (unpaired) electrons. The Balaban J connectivity index is 1.73. The molecule has 1 amide bonds. The summed E-state index contributed by atoms with van der Waals surface area (Å²) in [7, 11) is 0. The number of hydrogen-bond donors (Lipinski definition) is 1. The normalized spacial score (nSPS) is 10.4. The van der Waals surface area contributed by atoms with Crippen LogP contribution in [0.3, 0.4) is 0 Å². The zero-order valence-electron chi connectivity index (χ0n) is 12.9. The first kappa shape index (κ1) is 15.7. The lowest BCUT2D eigenvalue weighted by Crippen LogP contribution is -2.10. The summed E-state index contributed by atoms with van der Waals surface area (Å²) in [5.74, 6) is -0.156. The van der Waals surface area contributed by atoms with Crippen LogP contribution in [0.15, 0.2) is 65.1 Å². The van der Waals surface area contributed by atoms with E-state index in [4.69, 9.17) is 4.42 Å². The van der Waals surface area contributed by atoms with Gasteiger partial charge in [0.05, 0.1) is 0 Å². The van der Waals surface area contributed by atoms with Crippen molar-refractivity contribution in [1.29, 1.82) is 0 Å². The minimum absolute atomic E-state index is 0.0390. The van der Waals surface area contributed by atoms with Gasteiger partial charge in [-0.2, -0.15) is 0 Å². The topological polar surface area (TPSA) is 59.3 Å². The monoisotopic (exact) mass is 323 g/mol. The molecule has 0 fully saturated rings. The van der Waals surface area contributed by atoms with Crippen molar-refractivity contribution >= 4 is 17.4 Å². The van der Waals surface area contributed by atoms with Crippen LogP contribution in [0.2, 0.25) is 0 Å². The van der Waals surface area contributed by atoms with Gasteiger partial charge in [0.1, 0.15) is 11.6 Å². The molecule has 1 N–H and O–H groups in total. The SMILES string of the molecule is CC(=O)c1ccc(NC(=O)c2ccc(-c3ccc(F)cc3)o2)cc1. The second-order valence-electron chi connectivity index (χ2n) is 5.26. The van der Waals surface area contributed by atoms with E-state index >= 15 is 0 Å². The molecule has 0 spiro atoms. The van der Waals surface area contributed by atoms with Crippen LogP contribution in [0.5, 0.6) is 0 Å². The quantitative estimate of drug-likeness (QED) is 0.717. The number of benzene rings is 2. The molecule has 1 heterocycles. The fourth-order valence-electron chi connectivity index (χ4n) is 2.21. The average Bonchev–Trinajstić information content (AvgIpc) is 3.06. The molecule has 0 aliphatic rings. The second-order valence-corrected chi connectivity index (χ2v) is 5.26. The Hall–Kier alpha value is -3.21. The van der Waals surface area contributed by atoms with E-state index in [1.165, 1.54) is 19.1 Å². The van der Waals surface area contributed by atoms with Crippen molar-refractivity contribution in [3.63, 3.8) is 0 Å². The number of amides is 1. The fourth-order valence-corrected chi connectivity index (χ4v) is 2.21. The van der Waals surface area contributed by atoms with E-state index in [1.807, 2.05) is 0 Å². The number of halogens is 1. The molecule has 1 aromatic heterocycles. The molecule has 0 saturated heterocycles. The number of hydrogen-bond acceptors (Lipinski definition) is 3. The third-order valence-electron chi connectivity index (χ3n) is 3.51. The Morgan fingerprint density at radius 2 is 1.58 bits per heavy atom. The summed E-state index contributed by atoms with van der Waals surface area (Å²) in [4.78, 5) is 23.4. The Morgan fingerprint density at radius 1 is 0.917 bits per heavy atom. The van der Waals surface area contributed by atoms with E-state index in [-0.39, 0.29) is 17.4 Å². The molecule has 0 aliphatic carbocycles. The van der Waals surface area contributed by atoms with Crippen LogP contribution in [0.25, 0.3) is 11.3 Å². The second kappa shape index (κ2) is 6.50. The van der Waals surface area contributed by atoms with Gasteiger partial charge in [0.2, 0.25) is 0 Å². The molecule has 3 rings (SSSR count). The average molecular weight is 323 g/mol. The van der Waals surface area contributed by atoms with Crippen molar-refractivity contribution in [3.8, 4) is 11.3 Å². The van der Waals surface area contributed by atoms with Gasteiger partial charge in [0, 0.05) is 16.8 Å². The summed E-state index contributed by atoms with van der Waals surface area (Å²) in [6, 6.07) is 15.6. The largest absolute Gasteiger partial charge is 0.451 e. The first-order chi connectivity index (χ1) is 11.5. The van der Waals surface area contributed by atoms with Gasteiger partial charge in [-0.1, -0.05) is 0 Å². The highest BCUT2D eigenvalue weighted by Crippen LogP contribution is 2.23. The highest BCUT2D eigenvalue weighted by Gasteiger charge is 2.13. The summed E-state index contributed by atoms with van der Waals surface area (Å²) >= 11 is 0. The number of ketones is 1. The first-order valence-electron chi connectivity index (χ1n) is 7.31. The minimum Gasteiger partial charge on any atom is -0.451 e. The van der Waals surface area contributed by atoms with E-state index < -0.39 is 5.91 Å². The van der Waals surface area contributed by atoms with Crippen LogP contribution in [-0.2, 0) is 0 Å². The van der Waals surface area contributed by atoms with E-state index in [0.717, 1.165) is 0 Å². The lowest BCUT2D eigenvalue weighted by Gasteiger charge is -2.04. The van der Waals surface area contributed by atoms with Crippen LogP contribution in [0.4, 0.5) is 10.1 Å². The van der Waals surface area contributed by atoms with Gasteiger partial charge in [-0.3, -0.25) is 9.59 Å². The van der Waals surface area contributed by atoms with Crippen LogP contribution < -0.4 is 5.32 Å². The zero-order chi connectivity index (χ0) is 17.1. The van der Waals surface area contributed by atoms with Crippen molar-refractivity contribution in [2.45, 2.75) is 6.92 Å². The van der Waals surface area contributed by atoms with Gasteiger partial charge >= 0.3 is 0 Å². The predicted octanol–water partition coefficient (Wildman–Crippen LogP) is 4.54. The summed E-state index contributed by atoms with van der Waals surface area (Å²) in [5.41, 5.74) is 1.82. The molecule has 0 unspecified atom stereocenters. The standard InChI is InChI=1S/C19H14FNO3/c1-12(22)13-4-8-16(9-5-13)21-19(23)18-11-10-17(24-18)14-2-6-15(20)7-3-14/h2-11H,1H3,(H,21,23). The van der Waals surface area contributed by atoms with Gasteiger partial charge in [0.15, 0.2) is 11.5 Å². The van der Waals surface area contributed by atoms with E-state index in [9.17, 15) is 14.0 Å². The Kier molecular flexibility index (Phi) is 4.24. The maximum absolute atomic E-state index is 12.9. The number of nitrogens with one attached hydrogen (secondary N) is 1. The lowest BCUT2D eigenvalue weighted by atomic mass is 10.1. The van der Waals surface area contributed by atoms with Crippen molar-refractivity contribution in [1.82, 2.24) is 0 Å². The Morgan fingerprint density at radius 3 is 2.21 bits per heavy atom. The molecule has 5 heteroatoms. The molecule has 120 valence electrons. The van der Waals surface area contributed by atoms with Crippen LogP contribution in [-0.4, -0.2) is 11.7 Å². The zero-order valence-corrected chi connectivity index (χ0v) is 12.9. The Labute approximate surface area is 137 Å². The first-order valence-corrected chi connectivity index (χ1v) is 7.31. The summed E-state index contributed by atoms with van der Waals surface area (Å²) in [5, 5.41) is 2.69. The molecular formula is C19H14FNO3. The van der Waals surface area contributed by atoms with Crippen LogP contribution >= 0.6 is 0 Å². The molecule has 24 heavy (non-hydrogen) atoms. The highest BCUT2D eigenvalue weighted by molar-refractivity contribution is 6.03. The molecule has 2 aromatic carbocycles. The van der Waals surface area contributed by atoms with Crippen LogP contribution in [0.1, 0.15) is 27.8 Å². The lowest BCUT2D eigenvalue weighted by molar-refractivity contribution is 0.0995. The number of furan rings is 1. The molecule has 0 atom stereocenters. The van der Waals surface area contributed by atoms with Crippen LogP contribution in [0, 0.1) is 5.82 Å². The fraction of sp³-hybridized carbons (Fsp3) is 0.0526. The molecule has 0 saturated carbocycles.